The molecule has 0 saturated carbocycles. The molecule has 0 aliphatic heterocycles. The van der Waals surface area contributed by atoms with Gasteiger partial charge < -0.3 is 9.80 Å². The van der Waals surface area contributed by atoms with Crippen molar-refractivity contribution in [2.45, 2.75) is 0 Å². The van der Waals surface area contributed by atoms with Gasteiger partial charge in [-0.05, 0) is 42.3 Å². The molecule has 3 heteroatoms. The van der Waals surface area contributed by atoms with Crippen LogP contribution in [0.2, 0.25) is 0 Å². The van der Waals surface area contributed by atoms with E-state index in [0.29, 0.717) is 0 Å². The fraction of sp³-hybridized carbons (Fsp3) is 1.00. The fourth-order valence-corrected chi connectivity index (χ4v) is 0. The van der Waals surface area contributed by atoms with E-state index in [1.807, 2.05) is 52.1 Å². The Bertz CT molecular complexity index is 26.5. The van der Waals surface area contributed by atoms with Crippen molar-refractivity contribution in [3.8, 4) is 0 Å². The second-order valence-corrected chi connectivity index (χ2v) is 2.68. The molecule has 0 bridgehead atoms. The van der Waals surface area contributed by atoms with Crippen LogP contribution in [0.25, 0.3) is 0 Å². The second-order valence-electron chi connectivity index (χ2n) is 2.68. The van der Waals surface area contributed by atoms with Crippen LogP contribution in [0.1, 0.15) is 0 Å². The average molecular weight is 207 g/mol. The van der Waals surface area contributed by atoms with E-state index in [-0.39, 0.29) is 32.7 Å². The Morgan fingerprint density at radius 1 is 0.556 bits per heavy atom. The largest absolute Gasteiger partial charge is 0.312 e. The second kappa shape index (κ2) is 11.8. The Morgan fingerprint density at radius 3 is 0.556 bits per heavy atom. The van der Waals surface area contributed by atoms with Crippen LogP contribution in [0.5, 0.6) is 0 Å². The minimum absolute atomic E-state index is 0. The Balaban J connectivity index is -0.0000000720. The SMILES string of the molecule is CN(C)C.CN(C)C.[Y]. The molecule has 0 aromatic heterocycles. The first-order valence-corrected chi connectivity index (χ1v) is 2.68. The molecule has 0 aliphatic carbocycles. The molecule has 0 spiro atoms. The van der Waals surface area contributed by atoms with Gasteiger partial charge in [-0.3, -0.25) is 0 Å². The Hall–Kier alpha value is 1.02. The fourth-order valence-electron chi connectivity index (χ4n) is 0. The van der Waals surface area contributed by atoms with Gasteiger partial charge in [0.2, 0.25) is 0 Å². The van der Waals surface area contributed by atoms with Crippen molar-refractivity contribution in [3.63, 3.8) is 0 Å². The molecule has 9 heavy (non-hydrogen) atoms. The van der Waals surface area contributed by atoms with Gasteiger partial charge in [0.15, 0.2) is 0 Å². The molecule has 0 rings (SSSR count). The topological polar surface area (TPSA) is 6.48 Å². The van der Waals surface area contributed by atoms with Gasteiger partial charge in [-0.15, -0.1) is 0 Å². The minimum atomic E-state index is 0. The summed E-state index contributed by atoms with van der Waals surface area (Å²) in [5.41, 5.74) is 0. The molecule has 0 aromatic rings. The molecule has 2 nitrogen and oxygen atoms in total. The van der Waals surface area contributed by atoms with Crippen molar-refractivity contribution in [2.24, 2.45) is 0 Å². The Morgan fingerprint density at radius 2 is 0.556 bits per heavy atom. The van der Waals surface area contributed by atoms with E-state index in [2.05, 4.69) is 0 Å². The predicted molar refractivity (Wildman–Crippen MR) is 39.2 cm³/mol. The number of hydrogen-bond donors (Lipinski definition) is 0. The standard InChI is InChI=1S/2C3H9N.Y/c2*1-4(2)3;/h2*1-3H3;. The molecule has 0 amide bonds. The van der Waals surface area contributed by atoms with Crippen molar-refractivity contribution >= 4 is 0 Å². The molecule has 0 aromatic carbocycles. The summed E-state index contributed by atoms with van der Waals surface area (Å²) in [4.78, 5) is 4.00. The van der Waals surface area contributed by atoms with Crippen LogP contribution in [0.3, 0.4) is 0 Å². The first kappa shape index (κ1) is 16.5. The molecule has 0 saturated heterocycles. The van der Waals surface area contributed by atoms with E-state index < -0.39 is 0 Å². The zero-order chi connectivity index (χ0) is 7.15. The minimum Gasteiger partial charge on any atom is -0.312 e. The normalized spacial score (nSPS) is 8.00. The van der Waals surface area contributed by atoms with Crippen molar-refractivity contribution in [1.82, 2.24) is 9.80 Å². The van der Waals surface area contributed by atoms with Crippen LogP contribution < -0.4 is 0 Å². The molecule has 1 radical (unpaired) electrons. The van der Waals surface area contributed by atoms with Crippen molar-refractivity contribution in [3.05, 3.63) is 0 Å². The number of hydrogen-bond acceptors (Lipinski definition) is 2. The Labute approximate surface area is 84.5 Å². The third-order valence-corrected chi connectivity index (χ3v) is 0. The van der Waals surface area contributed by atoms with Gasteiger partial charge in [0.05, 0.1) is 0 Å². The number of nitrogens with zero attached hydrogens (tertiary/aromatic N) is 2. The van der Waals surface area contributed by atoms with Crippen LogP contribution >= 0.6 is 0 Å². The summed E-state index contributed by atoms with van der Waals surface area (Å²) in [5, 5.41) is 0. The van der Waals surface area contributed by atoms with Gasteiger partial charge in [0, 0.05) is 32.7 Å². The van der Waals surface area contributed by atoms with Crippen LogP contribution in [0.4, 0.5) is 0 Å². The molecule has 55 valence electrons. The van der Waals surface area contributed by atoms with Gasteiger partial charge in [0.25, 0.3) is 0 Å². The van der Waals surface area contributed by atoms with Crippen LogP contribution in [-0.4, -0.2) is 52.1 Å². The molecular formula is C6H18N2Y. The third kappa shape index (κ3) is 425. The summed E-state index contributed by atoms with van der Waals surface area (Å²) in [6.45, 7) is 0. The zero-order valence-corrected chi connectivity index (χ0v) is 10.3. The summed E-state index contributed by atoms with van der Waals surface area (Å²) in [6, 6.07) is 0. The van der Waals surface area contributed by atoms with Crippen LogP contribution in [0, 0.1) is 0 Å². The molecule has 0 N–H and O–H groups in total. The van der Waals surface area contributed by atoms with E-state index in [1.54, 1.807) is 0 Å². The van der Waals surface area contributed by atoms with E-state index in [9.17, 15) is 0 Å². The summed E-state index contributed by atoms with van der Waals surface area (Å²) in [5.74, 6) is 0. The smallest absolute Gasteiger partial charge is 0 e. The monoisotopic (exact) mass is 207 g/mol. The summed E-state index contributed by atoms with van der Waals surface area (Å²) in [7, 11) is 12.0. The molecule has 0 heterocycles. The average Bonchev–Trinajstić information content (AvgIpc) is 1.25. The van der Waals surface area contributed by atoms with Gasteiger partial charge >= 0.3 is 0 Å². The van der Waals surface area contributed by atoms with Gasteiger partial charge in [-0.1, -0.05) is 0 Å². The van der Waals surface area contributed by atoms with E-state index in [4.69, 9.17) is 0 Å². The molecule has 0 atom stereocenters. The maximum atomic E-state index is 2.00. The van der Waals surface area contributed by atoms with Crippen LogP contribution in [0.15, 0.2) is 0 Å². The maximum Gasteiger partial charge on any atom is 0 e. The van der Waals surface area contributed by atoms with Crippen LogP contribution in [-0.2, 0) is 32.7 Å². The van der Waals surface area contributed by atoms with Gasteiger partial charge in [-0.25, -0.2) is 0 Å². The summed E-state index contributed by atoms with van der Waals surface area (Å²) in [6.07, 6.45) is 0. The summed E-state index contributed by atoms with van der Waals surface area (Å²) < 4.78 is 0. The third-order valence-electron chi connectivity index (χ3n) is 0. The van der Waals surface area contributed by atoms with E-state index in [1.165, 1.54) is 0 Å². The first-order chi connectivity index (χ1) is 3.46. The van der Waals surface area contributed by atoms with Gasteiger partial charge in [0.1, 0.15) is 0 Å². The molecular weight excluding hydrogens is 189 g/mol. The van der Waals surface area contributed by atoms with Gasteiger partial charge in [-0.2, -0.15) is 0 Å². The zero-order valence-electron chi connectivity index (χ0n) is 7.47. The quantitative estimate of drug-likeness (QED) is 0.565. The first-order valence-electron chi connectivity index (χ1n) is 2.68. The molecule has 0 aliphatic rings. The molecule has 0 fully saturated rings. The van der Waals surface area contributed by atoms with Crippen molar-refractivity contribution < 1.29 is 32.7 Å². The number of rotatable bonds is 0. The van der Waals surface area contributed by atoms with E-state index in [0.717, 1.165) is 0 Å². The van der Waals surface area contributed by atoms with E-state index >= 15 is 0 Å². The predicted octanol–water partition coefficient (Wildman–Crippen LogP) is 0.353. The van der Waals surface area contributed by atoms with Crippen molar-refractivity contribution in [1.29, 1.82) is 0 Å². The summed E-state index contributed by atoms with van der Waals surface area (Å²) >= 11 is 0. The molecule has 0 unspecified atom stereocenters. The maximum absolute atomic E-state index is 2.00. The Kier molecular flexibility index (Phi) is 21.6. The van der Waals surface area contributed by atoms with Crippen molar-refractivity contribution in [2.75, 3.05) is 42.3 Å².